The molecule has 4 nitrogen and oxygen atoms in total. The maximum atomic E-state index is 11.7. The minimum Gasteiger partial charge on any atom is -0.497 e. The summed E-state index contributed by atoms with van der Waals surface area (Å²) in [5, 5.41) is 0. The maximum absolute atomic E-state index is 11.7. The molecule has 0 heterocycles. The van der Waals surface area contributed by atoms with Crippen LogP contribution in [-0.2, 0) is 4.74 Å². The second-order valence-corrected chi connectivity index (χ2v) is 3.62. The average molecular weight is 223 g/mol. The Hall–Kier alpha value is -1.71. The summed E-state index contributed by atoms with van der Waals surface area (Å²) >= 11 is 0. The van der Waals surface area contributed by atoms with Gasteiger partial charge in [0, 0.05) is 11.8 Å². The van der Waals surface area contributed by atoms with Crippen LogP contribution in [0.25, 0.3) is 0 Å². The molecule has 0 aliphatic rings. The van der Waals surface area contributed by atoms with E-state index >= 15 is 0 Å². The lowest BCUT2D eigenvalue weighted by Crippen LogP contribution is -2.14. The van der Waals surface area contributed by atoms with Gasteiger partial charge < -0.3 is 15.2 Å². The zero-order chi connectivity index (χ0) is 12.1. The third-order valence-electron chi connectivity index (χ3n) is 2.28. The number of nitrogens with two attached hydrogens (primary N) is 1. The molecule has 0 saturated carbocycles. The molecule has 0 saturated heterocycles. The lowest BCUT2D eigenvalue weighted by atomic mass is 10.2. The van der Waals surface area contributed by atoms with E-state index in [0.717, 1.165) is 6.42 Å². The van der Waals surface area contributed by atoms with E-state index in [1.165, 1.54) is 7.11 Å². The Labute approximate surface area is 95.3 Å². The van der Waals surface area contributed by atoms with Gasteiger partial charge in [-0.25, -0.2) is 4.79 Å². The van der Waals surface area contributed by atoms with Gasteiger partial charge in [0.05, 0.1) is 18.8 Å². The molecule has 0 bridgehead atoms. The number of nitrogen functional groups attached to an aromatic ring is 1. The van der Waals surface area contributed by atoms with Crippen molar-refractivity contribution < 1.29 is 14.3 Å². The Kier molecular flexibility index (Phi) is 4.17. The number of ether oxygens (including phenoxy) is 2. The van der Waals surface area contributed by atoms with Gasteiger partial charge in [0.1, 0.15) is 5.75 Å². The molecular weight excluding hydrogens is 206 g/mol. The molecule has 4 heteroatoms. The zero-order valence-corrected chi connectivity index (χ0v) is 9.82. The fourth-order valence-electron chi connectivity index (χ4n) is 1.19. The molecule has 0 aliphatic heterocycles. The summed E-state index contributed by atoms with van der Waals surface area (Å²) in [6.45, 7) is 3.80. The van der Waals surface area contributed by atoms with Crippen molar-refractivity contribution in [2.24, 2.45) is 0 Å². The normalized spacial score (nSPS) is 11.9. The second-order valence-electron chi connectivity index (χ2n) is 3.62. The van der Waals surface area contributed by atoms with Gasteiger partial charge in [-0.2, -0.15) is 0 Å². The van der Waals surface area contributed by atoms with Crippen molar-refractivity contribution in [1.29, 1.82) is 0 Å². The van der Waals surface area contributed by atoms with Crippen LogP contribution < -0.4 is 10.5 Å². The molecule has 2 N–H and O–H groups in total. The van der Waals surface area contributed by atoms with E-state index in [9.17, 15) is 4.79 Å². The Balaban J connectivity index is 2.86. The first kappa shape index (κ1) is 12.4. The van der Waals surface area contributed by atoms with E-state index in [1.54, 1.807) is 18.2 Å². The van der Waals surface area contributed by atoms with Crippen LogP contribution in [0.2, 0.25) is 0 Å². The predicted molar refractivity (Wildman–Crippen MR) is 62.6 cm³/mol. The van der Waals surface area contributed by atoms with Gasteiger partial charge in [0.2, 0.25) is 0 Å². The first-order valence-corrected chi connectivity index (χ1v) is 5.22. The Morgan fingerprint density at radius 3 is 2.69 bits per heavy atom. The van der Waals surface area contributed by atoms with Crippen LogP contribution in [0.15, 0.2) is 18.2 Å². The molecule has 1 rings (SSSR count). The third kappa shape index (κ3) is 3.15. The van der Waals surface area contributed by atoms with Crippen LogP contribution in [-0.4, -0.2) is 19.2 Å². The van der Waals surface area contributed by atoms with E-state index in [-0.39, 0.29) is 12.1 Å². The number of rotatable bonds is 4. The minimum atomic E-state index is -0.375. The molecular formula is C12H17NO3. The fourth-order valence-corrected chi connectivity index (χ4v) is 1.19. The van der Waals surface area contributed by atoms with E-state index in [0.29, 0.717) is 17.0 Å². The largest absolute Gasteiger partial charge is 0.497 e. The molecule has 16 heavy (non-hydrogen) atoms. The number of benzene rings is 1. The molecule has 0 fully saturated rings. The number of methoxy groups -OCH3 is 1. The fraction of sp³-hybridized carbons (Fsp3) is 0.417. The van der Waals surface area contributed by atoms with Crippen molar-refractivity contribution in [1.82, 2.24) is 0 Å². The first-order valence-electron chi connectivity index (χ1n) is 5.22. The van der Waals surface area contributed by atoms with Crippen molar-refractivity contribution in [3.63, 3.8) is 0 Å². The zero-order valence-electron chi connectivity index (χ0n) is 9.82. The Bertz CT molecular complexity index is 377. The summed E-state index contributed by atoms with van der Waals surface area (Å²) in [6, 6.07) is 4.84. The van der Waals surface area contributed by atoms with Crippen LogP contribution in [0.3, 0.4) is 0 Å². The summed E-state index contributed by atoms with van der Waals surface area (Å²) in [7, 11) is 1.53. The minimum absolute atomic E-state index is 0.0973. The highest BCUT2D eigenvalue weighted by atomic mass is 16.5. The number of esters is 1. The van der Waals surface area contributed by atoms with Gasteiger partial charge in [0.15, 0.2) is 0 Å². The SMILES string of the molecule is CCC(C)OC(=O)c1cc(N)cc(OC)c1. The monoisotopic (exact) mass is 223 g/mol. The predicted octanol–water partition coefficient (Wildman–Crippen LogP) is 2.23. The van der Waals surface area contributed by atoms with Gasteiger partial charge in [-0.1, -0.05) is 6.92 Å². The van der Waals surface area contributed by atoms with E-state index in [2.05, 4.69) is 0 Å². The average Bonchev–Trinajstić information content (AvgIpc) is 2.27. The lowest BCUT2D eigenvalue weighted by molar-refractivity contribution is 0.0334. The number of carbonyl (C=O) groups excluding carboxylic acids is 1. The van der Waals surface area contributed by atoms with Gasteiger partial charge in [-0.3, -0.25) is 0 Å². The smallest absolute Gasteiger partial charge is 0.338 e. The number of hydrogen-bond donors (Lipinski definition) is 1. The molecule has 1 aromatic rings. The molecule has 0 aliphatic carbocycles. The highest BCUT2D eigenvalue weighted by Crippen LogP contribution is 2.19. The summed E-state index contributed by atoms with van der Waals surface area (Å²) in [6.07, 6.45) is 0.686. The van der Waals surface area contributed by atoms with Gasteiger partial charge >= 0.3 is 5.97 Å². The van der Waals surface area contributed by atoms with Gasteiger partial charge in [0.25, 0.3) is 0 Å². The maximum Gasteiger partial charge on any atom is 0.338 e. The lowest BCUT2D eigenvalue weighted by Gasteiger charge is -2.11. The van der Waals surface area contributed by atoms with Gasteiger partial charge in [-0.05, 0) is 25.5 Å². The summed E-state index contributed by atoms with van der Waals surface area (Å²) in [4.78, 5) is 11.7. The Morgan fingerprint density at radius 1 is 1.44 bits per heavy atom. The molecule has 1 unspecified atom stereocenters. The second kappa shape index (κ2) is 5.39. The number of hydrogen-bond acceptors (Lipinski definition) is 4. The van der Waals surface area contributed by atoms with E-state index < -0.39 is 0 Å². The first-order chi connectivity index (χ1) is 7.56. The molecule has 0 amide bonds. The number of anilines is 1. The van der Waals surface area contributed by atoms with E-state index in [4.69, 9.17) is 15.2 Å². The summed E-state index contributed by atoms with van der Waals surface area (Å²) in [5.74, 6) is 0.177. The summed E-state index contributed by atoms with van der Waals surface area (Å²) < 4.78 is 10.2. The topological polar surface area (TPSA) is 61.5 Å². The van der Waals surface area contributed by atoms with Crippen LogP contribution in [0.1, 0.15) is 30.6 Å². The van der Waals surface area contributed by atoms with Crippen LogP contribution >= 0.6 is 0 Å². The standard InChI is InChI=1S/C12H17NO3/c1-4-8(2)16-12(14)9-5-10(13)7-11(6-9)15-3/h5-8H,4,13H2,1-3H3. The third-order valence-corrected chi connectivity index (χ3v) is 2.28. The molecule has 0 aromatic heterocycles. The highest BCUT2D eigenvalue weighted by molar-refractivity contribution is 5.91. The van der Waals surface area contributed by atoms with Crippen LogP contribution in [0.5, 0.6) is 5.75 Å². The quantitative estimate of drug-likeness (QED) is 0.628. The van der Waals surface area contributed by atoms with E-state index in [1.807, 2.05) is 13.8 Å². The van der Waals surface area contributed by atoms with Crippen molar-refractivity contribution >= 4 is 11.7 Å². The van der Waals surface area contributed by atoms with Crippen molar-refractivity contribution in [3.05, 3.63) is 23.8 Å². The number of carbonyl (C=O) groups is 1. The van der Waals surface area contributed by atoms with Crippen molar-refractivity contribution in [3.8, 4) is 5.75 Å². The molecule has 1 aromatic carbocycles. The van der Waals surface area contributed by atoms with Crippen molar-refractivity contribution in [2.75, 3.05) is 12.8 Å². The molecule has 88 valence electrons. The summed E-state index contributed by atoms with van der Waals surface area (Å²) in [5.41, 5.74) is 6.54. The van der Waals surface area contributed by atoms with Gasteiger partial charge in [-0.15, -0.1) is 0 Å². The van der Waals surface area contributed by atoms with Crippen molar-refractivity contribution in [2.45, 2.75) is 26.4 Å². The van der Waals surface area contributed by atoms with Crippen LogP contribution in [0.4, 0.5) is 5.69 Å². The molecule has 1 atom stereocenters. The van der Waals surface area contributed by atoms with Crippen LogP contribution in [0, 0.1) is 0 Å². The molecule has 0 radical (unpaired) electrons. The molecule has 0 spiro atoms. The highest BCUT2D eigenvalue weighted by Gasteiger charge is 2.12. The Morgan fingerprint density at radius 2 is 2.12 bits per heavy atom.